The first-order chi connectivity index (χ1) is 24.4. The molecule has 3 heterocycles. The molecule has 12 nitrogen and oxygen atoms in total. The zero-order valence-electron chi connectivity index (χ0n) is 28.3. The summed E-state index contributed by atoms with van der Waals surface area (Å²) < 4.78 is 88.0. The fourth-order valence-electron chi connectivity index (χ4n) is 3.26. The van der Waals surface area contributed by atoms with Crippen molar-refractivity contribution in [2.24, 2.45) is 10.7 Å². The number of halogens is 11. The Morgan fingerprint density at radius 1 is 0.849 bits per heavy atom. The predicted molar refractivity (Wildman–Crippen MR) is 214 cm³/mol. The molecule has 2 aromatic heterocycles. The molecule has 4 N–H and O–H groups in total. The van der Waals surface area contributed by atoms with E-state index in [9.17, 15) is 31.1 Å². The molecule has 0 fully saturated rings. The number of carbonyl (C=O) groups is 1. The van der Waals surface area contributed by atoms with Crippen molar-refractivity contribution in [1.82, 2.24) is 20.3 Å². The quantitative estimate of drug-likeness (QED) is 0.141. The maximum Gasteiger partial charge on any atom is 0.471 e. The SMILES string of the molecule is CC(O)C(C)(C)N.CC1OC(c2ccc(-c3noc(C(F)(F)F)n3)cc2)=NC1(C)C.II.I[I-]I.O=C(O)c1ccc(-c2noc(C(F)(F)F)n2)cc1. The van der Waals surface area contributed by atoms with E-state index in [1.807, 2.05) is 20.8 Å². The van der Waals surface area contributed by atoms with E-state index >= 15 is 0 Å². The Morgan fingerprint density at radius 2 is 1.19 bits per heavy atom. The van der Waals surface area contributed by atoms with Crippen molar-refractivity contribution in [2.75, 3.05) is 0 Å². The number of aliphatic imine (C=N–C) groups is 1. The Labute approximate surface area is 353 Å². The van der Waals surface area contributed by atoms with Crippen LogP contribution in [0.2, 0.25) is 0 Å². The summed E-state index contributed by atoms with van der Waals surface area (Å²) in [6, 6.07) is 11.7. The second kappa shape index (κ2) is 21.9. The topological polar surface area (TPSA) is 183 Å². The standard InChI is InChI=1S/C15H14F3N3O2.C10H5F3N2O3.C5H13NO.I3.I2/c1-8-14(2,3)20-12(22-8)10-6-4-9(5-7-10)11-19-13(23-21-11)15(16,17)18;11-10(12,13)9-14-7(15-18-9)5-1-3-6(4-2-5)8(16)17;1-4(7)5(2,3)6;1-3-2;1-2/h4-8H,1-3H3;1-4H,(H,16,17);4,7H,6H2,1-3H3;;/q;;;-1;. The molecule has 296 valence electrons. The minimum atomic E-state index is -4.70. The van der Waals surface area contributed by atoms with Crippen LogP contribution in [0.25, 0.3) is 22.8 Å². The smallest absolute Gasteiger partial charge is 0.471 e. The minimum Gasteiger partial charge on any atom is -0.478 e. The average molecular weight is 1320 g/mol. The van der Waals surface area contributed by atoms with Crippen LogP contribution < -0.4 is 19.0 Å². The van der Waals surface area contributed by atoms with Gasteiger partial charge in [0.05, 0.1) is 17.2 Å². The first-order valence-electron chi connectivity index (χ1n) is 14.4. The molecule has 0 bridgehead atoms. The van der Waals surface area contributed by atoms with Crippen LogP contribution in [0.15, 0.2) is 62.6 Å². The van der Waals surface area contributed by atoms with Gasteiger partial charge in [0.15, 0.2) is 0 Å². The number of aliphatic hydroxyl groups excluding tert-OH is 1. The third-order valence-corrected chi connectivity index (χ3v) is 6.87. The van der Waals surface area contributed by atoms with Gasteiger partial charge in [0.25, 0.3) is 0 Å². The summed E-state index contributed by atoms with van der Waals surface area (Å²) in [5, 5.41) is 23.9. The largest absolute Gasteiger partial charge is 0.478 e. The average Bonchev–Trinajstić information content (AvgIpc) is 3.82. The van der Waals surface area contributed by atoms with Gasteiger partial charge in [-0.25, -0.2) is 9.79 Å². The molecule has 2 unspecified atom stereocenters. The van der Waals surface area contributed by atoms with Crippen molar-refractivity contribution in [3.63, 3.8) is 0 Å². The van der Waals surface area contributed by atoms with Crippen molar-refractivity contribution < 1.29 is 68.4 Å². The van der Waals surface area contributed by atoms with Gasteiger partial charge in [0, 0.05) is 59.5 Å². The summed E-state index contributed by atoms with van der Waals surface area (Å²) in [7, 11) is 0. The fraction of sp³-hybridized carbons (Fsp3) is 0.400. The van der Waals surface area contributed by atoms with Crippen LogP contribution in [0.4, 0.5) is 26.3 Å². The molecule has 23 heteroatoms. The number of alkyl halides is 6. The van der Waals surface area contributed by atoms with Crippen molar-refractivity contribution in [3.8, 4) is 22.8 Å². The van der Waals surface area contributed by atoms with Crippen LogP contribution in [0, 0.1) is 0 Å². The molecule has 1 aliphatic heterocycles. The molecule has 0 saturated heterocycles. The van der Waals surface area contributed by atoms with Gasteiger partial charge >= 0.3 is 80.6 Å². The normalized spacial score (nSPS) is 15.4. The van der Waals surface area contributed by atoms with E-state index in [1.165, 1.54) is 24.3 Å². The molecule has 0 saturated carbocycles. The number of carboxylic acid groups (broad SMARTS) is 1. The van der Waals surface area contributed by atoms with Crippen molar-refractivity contribution in [2.45, 2.75) is 77.2 Å². The number of aliphatic hydroxyl groups is 1. The zero-order chi connectivity index (χ0) is 40.9. The monoisotopic (exact) mass is 1320 g/mol. The van der Waals surface area contributed by atoms with Crippen molar-refractivity contribution >= 4 is 86.3 Å². The van der Waals surface area contributed by atoms with Crippen molar-refractivity contribution in [1.29, 1.82) is 0 Å². The second-order valence-electron chi connectivity index (χ2n) is 11.7. The third-order valence-electron chi connectivity index (χ3n) is 6.87. The summed E-state index contributed by atoms with van der Waals surface area (Å²) in [6.07, 6.45) is -9.83. The van der Waals surface area contributed by atoms with E-state index in [0.29, 0.717) is 24.7 Å². The molecule has 0 radical (unpaired) electrons. The summed E-state index contributed by atoms with van der Waals surface area (Å²) >= 11 is 9.54. The molecule has 0 spiro atoms. The number of benzene rings is 2. The number of nitrogens with zero attached hydrogens (tertiary/aromatic N) is 5. The first-order valence-corrected chi connectivity index (χ1v) is 33.3. The van der Waals surface area contributed by atoms with E-state index in [4.69, 9.17) is 20.7 Å². The number of rotatable bonds is 5. The number of aromatic carboxylic acids is 1. The van der Waals surface area contributed by atoms with Gasteiger partial charge in [-0.05, 0) is 65.8 Å². The van der Waals surface area contributed by atoms with Gasteiger partial charge in [0.2, 0.25) is 17.5 Å². The maximum absolute atomic E-state index is 12.5. The number of carboxylic acids is 1. The number of ether oxygens (including phenoxy) is 1. The Hall–Kier alpha value is -1.19. The maximum atomic E-state index is 12.5. The summed E-state index contributed by atoms with van der Waals surface area (Å²) in [4.78, 5) is 21.6. The number of hydrogen-bond acceptors (Lipinski definition) is 11. The van der Waals surface area contributed by atoms with Crippen LogP contribution in [-0.4, -0.2) is 65.6 Å². The van der Waals surface area contributed by atoms with Crippen LogP contribution in [0.3, 0.4) is 0 Å². The van der Waals surface area contributed by atoms with Gasteiger partial charge in [-0.3, -0.25) is 0 Å². The molecule has 0 aliphatic carbocycles. The minimum absolute atomic E-state index is 0.0123. The molecule has 2 atom stereocenters. The van der Waals surface area contributed by atoms with E-state index in [1.54, 1.807) is 45.0 Å². The number of hydrogen-bond donors (Lipinski definition) is 3. The van der Waals surface area contributed by atoms with E-state index < -0.39 is 41.7 Å². The molecule has 1 aliphatic rings. The second-order valence-corrected chi connectivity index (χ2v) is 27.9. The van der Waals surface area contributed by atoms with E-state index in [-0.39, 0.29) is 34.4 Å². The Bertz CT molecular complexity index is 1750. The summed E-state index contributed by atoms with van der Waals surface area (Å²) in [6.45, 7) is 11.1. The zero-order valence-corrected chi connectivity index (χ0v) is 39.1. The van der Waals surface area contributed by atoms with Gasteiger partial charge in [-0.15, -0.1) is 0 Å². The molecule has 2 aromatic carbocycles. The van der Waals surface area contributed by atoms with Gasteiger partial charge in [0.1, 0.15) is 6.10 Å². The van der Waals surface area contributed by atoms with Gasteiger partial charge in [-0.1, -0.05) is 34.6 Å². The molecular weight excluding hydrogens is 1290 g/mol. The van der Waals surface area contributed by atoms with E-state index in [0.717, 1.165) is 5.56 Å². The summed E-state index contributed by atoms with van der Waals surface area (Å²) in [5.41, 5.74) is 6.07. The molecular formula is C30H32F6I5N6O6-. The fourth-order valence-corrected chi connectivity index (χ4v) is 3.26. The first kappa shape index (κ1) is 49.8. The van der Waals surface area contributed by atoms with Crippen LogP contribution in [-0.2, 0) is 17.1 Å². The van der Waals surface area contributed by atoms with Gasteiger partial charge < -0.3 is 29.7 Å². The van der Waals surface area contributed by atoms with Crippen molar-refractivity contribution in [3.05, 3.63) is 71.4 Å². The van der Waals surface area contributed by atoms with Crippen LogP contribution in [0.5, 0.6) is 0 Å². The Morgan fingerprint density at radius 3 is 1.45 bits per heavy atom. The third kappa shape index (κ3) is 16.4. The molecule has 4 aromatic rings. The van der Waals surface area contributed by atoms with E-state index in [2.05, 4.69) is 109 Å². The summed E-state index contributed by atoms with van der Waals surface area (Å²) in [5.74, 6) is -3.80. The van der Waals surface area contributed by atoms with Gasteiger partial charge in [-0.2, -0.15) is 36.3 Å². The Kier molecular flexibility index (Phi) is 20.6. The number of aromatic nitrogens is 4. The molecule has 0 amide bonds. The predicted octanol–water partition coefficient (Wildman–Crippen LogP) is 6.80. The van der Waals surface area contributed by atoms with Crippen LogP contribution in [0.1, 0.15) is 69.2 Å². The number of nitrogens with two attached hydrogens (primary N) is 1. The Balaban J connectivity index is 0.000000415. The molecule has 5 rings (SSSR count). The van der Waals surface area contributed by atoms with Crippen LogP contribution >= 0.6 is 74.5 Å². The molecule has 53 heavy (non-hydrogen) atoms.